The smallest absolute Gasteiger partial charge is 0.341 e. The van der Waals surface area contributed by atoms with Gasteiger partial charge in [-0.1, -0.05) is 43.3 Å². The molecule has 6 nitrogen and oxygen atoms in total. The number of hydrogen-bond acceptors (Lipinski definition) is 6. The predicted octanol–water partition coefficient (Wildman–Crippen LogP) is 6.41. The summed E-state index contributed by atoms with van der Waals surface area (Å²) in [5, 5.41) is 14.7. The van der Waals surface area contributed by atoms with Gasteiger partial charge in [-0.25, -0.2) is 4.79 Å². The number of carbonyl (C=O) groups excluding carboxylic acids is 2. The third-order valence-corrected chi connectivity index (χ3v) is 7.01. The van der Waals surface area contributed by atoms with Crippen LogP contribution in [0.25, 0.3) is 17.2 Å². The highest BCUT2D eigenvalue weighted by molar-refractivity contribution is 7.15. The van der Waals surface area contributed by atoms with E-state index in [1.54, 1.807) is 12.1 Å². The van der Waals surface area contributed by atoms with Gasteiger partial charge in [-0.3, -0.25) is 4.79 Å². The van der Waals surface area contributed by atoms with Crippen LogP contribution in [-0.2, 0) is 22.4 Å². The monoisotopic (exact) mass is 500 g/mol. The summed E-state index contributed by atoms with van der Waals surface area (Å²) in [6.07, 6.45) is 6.77. The Morgan fingerprint density at radius 3 is 2.67 bits per heavy atom. The van der Waals surface area contributed by atoms with E-state index in [4.69, 9.17) is 9.47 Å². The lowest BCUT2D eigenvalue weighted by molar-refractivity contribution is -0.112. The van der Waals surface area contributed by atoms with Crippen molar-refractivity contribution < 1.29 is 19.1 Å². The number of amides is 1. The van der Waals surface area contributed by atoms with E-state index in [2.05, 4.69) is 17.4 Å². The van der Waals surface area contributed by atoms with E-state index < -0.39 is 11.9 Å². The minimum absolute atomic E-state index is 0.0953. The maximum Gasteiger partial charge on any atom is 0.341 e. The van der Waals surface area contributed by atoms with Gasteiger partial charge in [0.25, 0.3) is 5.91 Å². The largest absolute Gasteiger partial charge is 0.493 e. The van der Waals surface area contributed by atoms with Gasteiger partial charge < -0.3 is 14.8 Å². The fraction of sp³-hybridized carbons (Fsp3) is 0.276. The molecular weight excluding hydrogens is 472 g/mol. The minimum Gasteiger partial charge on any atom is -0.493 e. The summed E-state index contributed by atoms with van der Waals surface area (Å²) in [5.41, 5.74) is 5.08. The number of esters is 1. The van der Waals surface area contributed by atoms with Crippen LogP contribution < -0.4 is 10.1 Å². The van der Waals surface area contributed by atoms with Crippen molar-refractivity contribution >= 4 is 34.3 Å². The number of para-hydroxylation sites is 1. The van der Waals surface area contributed by atoms with Gasteiger partial charge in [0.1, 0.15) is 28.0 Å². The zero-order chi connectivity index (χ0) is 25.5. The van der Waals surface area contributed by atoms with E-state index in [0.717, 1.165) is 31.2 Å². The van der Waals surface area contributed by atoms with E-state index in [0.29, 0.717) is 28.5 Å². The maximum atomic E-state index is 13.1. The highest BCUT2D eigenvalue weighted by Crippen LogP contribution is 2.38. The van der Waals surface area contributed by atoms with Crippen molar-refractivity contribution in [2.45, 2.75) is 39.0 Å². The van der Waals surface area contributed by atoms with Gasteiger partial charge in [-0.15, -0.1) is 11.3 Å². The molecule has 3 aromatic rings. The fourth-order valence-corrected chi connectivity index (χ4v) is 5.24. The van der Waals surface area contributed by atoms with Crippen LogP contribution in [0.2, 0.25) is 0 Å². The molecule has 0 spiro atoms. The molecule has 1 aliphatic carbocycles. The van der Waals surface area contributed by atoms with Gasteiger partial charge in [0.05, 0.1) is 13.7 Å². The molecule has 0 unspecified atom stereocenters. The average Bonchev–Trinajstić information content (AvgIpc) is 3.33. The fourth-order valence-electron chi connectivity index (χ4n) is 4.29. The molecule has 0 fully saturated rings. The Morgan fingerprint density at radius 1 is 1.14 bits per heavy atom. The maximum absolute atomic E-state index is 13.1. The van der Waals surface area contributed by atoms with Crippen LogP contribution in [0.4, 0.5) is 5.00 Å². The van der Waals surface area contributed by atoms with Gasteiger partial charge in [-0.2, -0.15) is 5.26 Å². The number of hydrogen-bond donors (Lipinski definition) is 1. The van der Waals surface area contributed by atoms with Crippen molar-refractivity contribution in [2.75, 3.05) is 19.0 Å². The lowest BCUT2D eigenvalue weighted by atomic mass is 9.89. The first kappa shape index (κ1) is 25.2. The molecule has 7 heteroatoms. The van der Waals surface area contributed by atoms with Gasteiger partial charge in [0, 0.05) is 16.5 Å². The van der Waals surface area contributed by atoms with Crippen LogP contribution in [0.3, 0.4) is 0 Å². The number of ether oxygens (including phenoxy) is 2. The topological polar surface area (TPSA) is 88.4 Å². The van der Waals surface area contributed by atoms with Crippen molar-refractivity contribution in [1.82, 2.24) is 0 Å². The first-order valence-corrected chi connectivity index (χ1v) is 12.9. The number of thiophene rings is 1. The number of rotatable bonds is 8. The number of carbonyl (C=O) groups is 2. The second kappa shape index (κ2) is 11.7. The lowest BCUT2D eigenvalue weighted by Crippen LogP contribution is -2.15. The number of anilines is 1. The van der Waals surface area contributed by atoms with Crippen molar-refractivity contribution in [1.29, 1.82) is 5.26 Å². The van der Waals surface area contributed by atoms with E-state index >= 15 is 0 Å². The minimum atomic E-state index is -0.605. The summed E-state index contributed by atoms with van der Waals surface area (Å²) in [4.78, 5) is 25.9. The van der Waals surface area contributed by atoms with Crippen molar-refractivity contribution in [3.05, 3.63) is 75.7 Å². The predicted molar refractivity (Wildman–Crippen MR) is 142 cm³/mol. The van der Waals surface area contributed by atoms with Gasteiger partial charge in [-0.05, 0) is 60.9 Å². The van der Waals surface area contributed by atoms with Crippen LogP contribution in [0, 0.1) is 11.3 Å². The van der Waals surface area contributed by atoms with E-state index in [1.165, 1.54) is 42.1 Å². The van der Waals surface area contributed by atoms with E-state index in [9.17, 15) is 14.9 Å². The molecule has 184 valence electrons. The molecule has 36 heavy (non-hydrogen) atoms. The summed E-state index contributed by atoms with van der Waals surface area (Å²) in [5.74, 6) is -0.548. The first-order valence-electron chi connectivity index (χ1n) is 12.0. The third kappa shape index (κ3) is 5.50. The number of nitrogens with one attached hydrogen (secondary N) is 1. The highest BCUT2D eigenvalue weighted by Gasteiger charge is 2.24. The zero-order valence-corrected chi connectivity index (χ0v) is 21.2. The number of benzene rings is 2. The summed E-state index contributed by atoms with van der Waals surface area (Å²) in [6.45, 7) is 2.53. The van der Waals surface area contributed by atoms with Gasteiger partial charge in [0.2, 0.25) is 0 Å². The highest BCUT2D eigenvalue weighted by atomic mass is 32.1. The van der Waals surface area contributed by atoms with E-state index in [1.807, 2.05) is 36.6 Å². The molecular formula is C29H28N2O4S. The molecule has 1 N–H and O–H groups in total. The number of aryl methyl sites for hydroxylation is 2. The molecule has 1 heterocycles. The molecule has 0 saturated carbocycles. The number of nitriles is 1. The van der Waals surface area contributed by atoms with Crippen LogP contribution in [0.1, 0.15) is 53.2 Å². The van der Waals surface area contributed by atoms with Crippen LogP contribution in [0.15, 0.2) is 53.4 Å². The van der Waals surface area contributed by atoms with Crippen LogP contribution >= 0.6 is 11.3 Å². The zero-order valence-electron chi connectivity index (χ0n) is 20.4. The number of fused-ring (bicyclic) bond motifs is 1. The Bertz CT molecular complexity index is 1350. The molecule has 0 atom stereocenters. The standard InChI is InChI=1S/C29H28N2O4S/c1-3-14-35-25-11-7-6-10-22(25)16-23(17-30)27(32)31-28-26(29(33)34-2)24(18-36-28)21-13-12-19-8-4-5-9-20(19)15-21/h6-7,10-13,15-16,18H,3-5,8-9,14H2,1-2H3,(H,31,32)/b23-16+. The number of nitrogens with zero attached hydrogens (tertiary/aromatic N) is 1. The summed E-state index contributed by atoms with van der Waals surface area (Å²) in [7, 11) is 1.32. The Morgan fingerprint density at radius 2 is 1.92 bits per heavy atom. The summed E-state index contributed by atoms with van der Waals surface area (Å²) >= 11 is 1.23. The Hall–Kier alpha value is -3.89. The summed E-state index contributed by atoms with van der Waals surface area (Å²) in [6, 6.07) is 15.5. The van der Waals surface area contributed by atoms with Crippen LogP contribution in [0.5, 0.6) is 5.75 Å². The molecule has 0 saturated heterocycles. The SMILES string of the molecule is CCCOc1ccccc1/C=C(\C#N)C(=O)Nc1scc(-c2ccc3c(c2)CCCC3)c1C(=O)OC. The molecule has 0 bridgehead atoms. The molecule has 0 aliphatic heterocycles. The molecule has 0 radical (unpaired) electrons. The van der Waals surface area contributed by atoms with Crippen LogP contribution in [-0.4, -0.2) is 25.6 Å². The van der Waals surface area contributed by atoms with Crippen molar-refractivity contribution in [3.8, 4) is 22.9 Å². The third-order valence-electron chi connectivity index (χ3n) is 6.11. The normalized spacial score (nSPS) is 12.9. The number of methoxy groups -OCH3 is 1. The lowest BCUT2D eigenvalue weighted by Gasteiger charge is -2.16. The molecule has 2 aromatic carbocycles. The molecule has 4 rings (SSSR count). The second-order valence-electron chi connectivity index (χ2n) is 8.55. The Kier molecular flexibility index (Phi) is 8.19. The first-order chi connectivity index (χ1) is 17.5. The molecule has 1 amide bonds. The molecule has 1 aromatic heterocycles. The van der Waals surface area contributed by atoms with Gasteiger partial charge >= 0.3 is 5.97 Å². The molecule has 1 aliphatic rings. The second-order valence-corrected chi connectivity index (χ2v) is 9.43. The van der Waals surface area contributed by atoms with Crippen molar-refractivity contribution in [3.63, 3.8) is 0 Å². The van der Waals surface area contributed by atoms with Gasteiger partial charge in [0.15, 0.2) is 0 Å². The quantitative estimate of drug-likeness (QED) is 0.219. The Labute approximate surface area is 215 Å². The van der Waals surface area contributed by atoms with Crippen molar-refractivity contribution in [2.24, 2.45) is 0 Å². The Balaban J connectivity index is 1.65. The summed E-state index contributed by atoms with van der Waals surface area (Å²) < 4.78 is 10.8. The van der Waals surface area contributed by atoms with E-state index in [-0.39, 0.29) is 11.1 Å². The average molecular weight is 501 g/mol.